The number of nitro benzene ring substituents is 1. The molecule has 0 unspecified atom stereocenters. The van der Waals surface area contributed by atoms with E-state index in [0.29, 0.717) is 55.5 Å². The number of nitrogens with zero attached hydrogens (tertiary/aromatic N) is 1. The molecule has 1 aliphatic heterocycles. The first-order valence-electron chi connectivity index (χ1n) is 10.8. The average molecular weight is 477 g/mol. The van der Waals surface area contributed by atoms with E-state index in [1.807, 2.05) is 13.8 Å². The molecular weight excluding hydrogens is 448 g/mol. The third-order valence-corrected chi connectivity index (χ3v) is 6.41. The normalized spacial score (nSPS) is 15.6. The first-order valence-corrected chi connectivity index (χ1v) is 11.2. The van der Waals surface area contributed by atoms with E-state index >= 15 is 0 Å². The smallest absolute Gasteiger partial charge is 0.269 e. The molecule has 1 N–H and O–H groups in total. The maximum atomic E-state index is 13.4. The van der Waals surface area contributed by atoms with Gasteiger partial charge in [-0.25, -0.2) is 0 Å². The van der Waals surface area contributed by atoms with Gasteiger partial charge in [-0.3, -0.25) is 14.9 Å². The van der Waals surface area contributed by atoms with Crippen LogP contribution < -0.4 is 10.1 Å². The molecule has 178 valence electrons. The number of hydrogen-bond donors (Lipinski definition) is 1. The Hall–Kier alpha value is -2.68. The van der Waals surface area contributed by atoms with E-state index in [0.717, 1.165) is 5.56 Å². The largest absolute Gasteiger partial charge is 0.492 e. The number of benzene rings is 2. The van der Waals surface area contributed by atoms with E-state index in [-0.39, 0.29) is 17.2 Å². The van der Waals surface area contributed by atoms with Crippen molar-refractivity contribution >= 4 is 28.9 Å². The van der Waals surface area contributed by atoms with Gasteiger partial charge in [-0.2, -0.15) is 0 Å². The highest BCUT2D eigenvalue weighted by Gasteiger charge is 2.42. The number of anilines is 1. The van der Waals surface area contributed by atoms with E-state index in [2.05, 4.69) is 5.32 Å². The highest BCUT2D eigenvalue weighted by Crippen LogP contribution is 2.37. The Morgan fingerprint density at radius 1 is 1.21 bits per heavy atom. The van der Waals surface area contributed by atoms with Gasteiger partial charge in [0.1, 0.15) is 5.75 Å². The van der Waals surface area contributed by atoms with Gasteiger partial charge in [-0.1, -0.05) is 23.7 Å². The summed E-state index contributed by atoms with van der Waals surface area (Å²) in [6, 6.07) is 11.3. The Balaban J connectivity index is 1.74. The minimum absolute atomic E-state index is 0.0161. The van der Waals surface area contributed by atoms with E-state index in [4.69, 9.17) is 25.8 Å². The number of methoxy groups -OCH3 is 1. The molecule has 0 aromatic heterocycles. The fourth-order valence-corrected chi connectivity index (χ4v) is 3.96. The highest BCUT2D eigenvalue weighted by atomic mass is 35.5. The number of nitro groups is 1. The molecule has 0 radical (unpaired) electrons. The third kappa shape index (κ3) is 6.01. The van der Waals surface area contributed by atoms with Gasteiger partial charge in [0, 0.05) is 44.6 Å². The van der Waals surface area contributed by atoms with Gasteiger partial charge in [0.15, 0.2) is 0 Å². The molecule has 1 amide bonds. The monoisotopic (exact) mass is 476 g/mol. The summed E-state index contributed by atoms with van der Waals surface area (Å²) in [6.45, 7) is 5.25. The number of rotatable bonds is 9. The van der Waals surface area contributed by atoms with Crippen molar-refractivity contribution in [1.29, 1.82) is 0 Å². The number of nitrogens with one attached hydrogen (secondary N) is 1. The Bertz CT molecular complexity index is 987. The summed E-state index contributed by atoms with van der Waals surface area (Å²) in [5.41, 5.74) is 0.109. The average Bonchev–Trinajstić information content (AvgIpc) is 2.81. The second-order valence-electron chi connectivity index (χ2n) is 8.66. The molecule has 0 bridgehead atoms. The fourth-order valence-electron chi connectivity index (χ4n) is 3.72. The first kappa shape index (κ1) is 25.0. The Labute approximate surface area is 198 Å². The quantitative estimate of drug-likeness (QED) is 0.398. The molecule has 9 heteroatoms. The van der Waals surface area contributed by atoms with E-state index in [1.54, 1.807) is 37.4 Å². The fraction of sp³-hybridized carbons (Fsp3) is 0.458. The summed E-state index contributed by atoms with van der Waals surface area (Å²) >= 11 is 6.39. The Morgan fingerprint density at radius 2 is 1.88 bits per heavy atom. The topological polar surface area (TPSA) is 99.9 Å². The van der Waals surface area contributed by atoms with Crippen molar-refractivity contribution in [3.05, 3.63) is 63.2 Å². The molecule has 3 rings (SSSR count). The lowest BCUT2D eigenvalue weighted by molar-refractivity contribution is -0.384. The van der Waals surface area contributed by atoms with Crippen LogP contribution in [0.4, 0.5) is 11.4 Å². The van der Waals surface area contributed by atoms with Crippen LogP contribution in [0.25, 0.3) is 0 Å². The molecule has 33 heavy (non-hydrogen) atoms. The molecule has 2 aromatic rings. The SMILES string of the molecule is COC(C)(C)CCOc1ccc(NC(=O)C2(c3ccc([N+](=O)[O-])cc3)CCOCC2)cc1Cl. The molecular formula is C24H29ClN2O6. The first-order chi connectivity index (χ1) is 15.7. The molecule has 1 heterocycles. The molecule has 0 spiro atoms. The van der Waals surface area contributed by atoms with Crippen LogP contribution in [0.2, 0.25) is 5.02 Å². The number of amides is 1. The van der Waals surface area contributed by atoms with Gasteiger partial charge >= 0.3 is 0 Å². The van der Waals surface area contributed by atoms with Gasteiger partial charge in [-0.15, -0.1) is 0 Å². The third-order valence-electron chi connectivity index (χ3n) is 6.12. The number of ether oxygens (including phenoxy) is 3. The summed E-state index contributed by atoms with van der Waals surface area (Å²) in [5.74, 6) is 0.323. The van der Waals surface area contributed by atoms with E-state index in [1.165, 1.54) is 12.1 Å². The zero-order chi connectivity index (χ0) is 24.1. The number of carbonyl (C=O) groups is 1. The van der Waals surface area contributed by atoms with Crippen LogP contribution in [0.3, 0.4) is 0 Å². The maximum absolute atomic E-state index is 13.4. The molecule has 2 aromatic carbocycles. The molecule has 8 nitrogen and oxygen atoms in total. The van der Waals surface area contributed by atoms with Gasteiger partial charge in [-0.05, 0) is 50.5 Å². The van der Waals surface area contributed by atoms with Crippen molar-refractivity contribution in [1.82, 2.24) is 0 Å². The Morgan fingerprint density at radius 3 is 2.45 bits per heavy atom. The minimum Gasteiger partial charge on any atom is -0.492 e. The van der Waals surface area contributed by atoms with Crippen LogP contribution in [-0.4, -0.2) is 43.4 Å². The summed E-state index contributed by atoms with van der Waals surface area (Å²) in [4.78, 5) is 24.0. The zero-order valence-corrected chi connectivity index (χ0v) is 19.8. The molecule has 1 saturated heterocycles. The minimum atomic E-state index is -0.846. The van der Waals surface area contributed by atoms with Gasteiger partial charge in [0.05, 0.1) is 27.6 Å². The number of carbonyl (C=O) groups excluding carboxylic acids is 1. The lowest BCUT2D eigenvalue weighted by Crippen LogP contribution is -2.44. The van der Waals surface area contributed by atoms with Crippen LogP contribution in [0.1, 0.15) is 38.7 Å². The standard InChI is InChI=1S/C24H29ClN2O6/c1-23(2,31-3)10-15-33-21-9-6-18(16-20(21)25)26-22(28)24(11-13-32-14-12-24)17-4-7-19(8-5-17)27(29)30/h4-9,16H,10-15H2,1-3H3,(H,26,28). The predicted octanol–water partition coefficient (Wildman–Crippen LogP) is 5.13. The molecule has 0 aliphatic carbocycles. The number of non-ortho nitro benzene ring substituents is 1. The van der Waals surface area contributed by atoms with Gasteiger partial charge in [0.25, 0.3) is 5.69 Å². The van der Waals surface area contributed by atoms with Crippen molar-refractivity contribution in [3.63, 3.8) is 0 Å². The molecule has 1 fully saturated rings. The maximum Gasteiger partial charge on any atom is 0.269 e. The summed E-state index contributed by atoms with van der Waals surface area (Å²) < 4.78 is 16.6. The van der Waals surface area contributed by atoms with E-state index in [9.17, 15) is 14.9 Å². The Kier molecular flexibility index (Phi) is 7.94. The molecule has 0 saturated carbocycles. The van der Waals surface area contributed by atoms with Crippen molar-refractivity contribution in [2.45, 2.75) is 44.1 Å². The van der Waals surface area contributed by atoms with Crippen molar-refractivity contribution in [2.75, 3.05) is 32.2 Å². The second kappa shape index (κ2) is 10.5. The summed E-state index contributed by atoms with van der Waals surface area (Å²) in [5, 5.41) is 14.4. The molecule has 1 aliphatic rings. The number of hydrogen-bond acceptors (Lipinski definition) is 6. The highest BCUT2D eigenvalue weighted by molar-refractivity contribution is 6.32. The summed E-state index contributed by atoms with van der Waals surface area (Å²) in [6.07, 6.45) is 1.64. The lowest BCUT2D eigenvalue weighted by Gasteiger charge is -2.36. The van der Waals surface area contributed by atoms with Gasteiger partial charge < -0.3 is 19.5 Å². The van der Waals surface area contributed by atoms with Crippen LogP contribution in [0.15, 0.2) is 42.5 Å². The van der Waals surface area contributed by atoms with Crippen LogP contribution in [0.5, 0.6) is 5.75 Å². The van der Waals surface area contributed by atoms with Crippen molar-refractivity contribution in [3.8, 4) is 5.75 Å². The van der Waals surface area contributed by atoms with Crippen LogP contribution in [0, 0.1) is 10.1 Å². The second-order valence-corrected chi connectivity index (χ2v) is 9.07. The number of halogens is 1. The van der Waals surface area contributed by atoms with E-state index < -0.39 is 10.3 Å². The zero-order valence-electron chi connectivity index (χ0n) is 19.1. The predicted molar refractivity (Wildman–Crippen MR) is 126 cm³/mol. The van der Waals surface area contributed by atoms with Crippen LogP contribution in [-0.2, 0) is 19.7 Å². The van der Waals surface area contributed by atoms with Crippen LogP contribution >= 0.6 is 11.6 Å². The molecule has 0 atom stereocenters. The summed E-state index contributed by atoms with van der Waals surface area (Å²) in [7, 11) is 1.66. The van der Waals surface area contributed by atoms with Crippen molar-refractivity contribution < 1.29 is 23.9 Å². The van der Waals surface area contributed by atoms with Crippen molar-refractivity contribution in [2.24, 2.45) is 0 Å². The lowest BCUT2D eigenvalue weighted by atomic mass is 9.73. The van der Waals surface area contributed by atoms with Gasteiger partial charge in [0.2, 0.25) is 5.91 Å².